The fourth-order valence-corrected chi connectivity index (χ4v) is 4.55. The number of hydrogen-bond acceptors (Lipinski definition) is 3. The minimum absolute atomic E-state index is 0.187. The van der Waals surface area contributed by atoms with Gasteiger partial charge >= 0.3 is 0 Å². The molecule has 0 amide bonds. The Bertz CT molecular complexity index is 1200. The molecule has 0 bridgehead atoms. The zero-order valence-corrected chi connectivity index (χ0v) is 20.4. The number of hydrogen-bond donors (Lipinski definition) is 1. The van der Waals surface area contributed by atoms with Gasteiger partial charge in [0.15, 0.2) is 0 Å². The van der Waals surface area contributed by atoms with E-state index in [9.17, 15) is 5.11 Å². The van der Waals surface area contributed by atoms with Gasteiger partial charge in [-0.15, -0.1) is 0 Å². The number of aromatic nitrogens is 1. The van der Waals surface area contributed by atoms with Crippen LogP contribution in [0.25, 0.3) is 11.3 Å². The average Bonchev–Trinajstić information content (AvgIpc) is 2.86. The molecule has 0 aliphatic heterocycles. The number of halogens is 1. The summed E-state index contributed by atoms with van der Waals surface area (Å²) in [6.07, 6.45) is 5.20. The third-order valence-electron chi connectivity index (χ3n) is 6.05. The summed E-state index contributed by atoms with van der Waals surface area (Å²) in [4.78, 5) is 7.20. The molecule has 4 aromatic rings. The van der Waals surface area contributed by atoms with Crippen molar-refractivity contribution in [3.63, 3.8) is 0 Å². The molecule has 4 rings (SSSR count). The molecule has 0 unspecified atom stereocenters. The topological polar surface area (TPSA) is 36.4 Å². The van der Waals surface area contributed by atoms with Crippen LogP contribution in [0.5, 0.6) is 5.75 Å². The number of nitrogens with zero attached hydrogens (tertiary/aromatic N) is 2. The number of pyridine rings is 1. The minimum atomic E-state index is 0.187. The highest BCUT2D eigenvalue weighted by molar-refractivity contribution is 6.31. The Morgan fingerprint density at radius 2 is 1.53 bits per heavy atom. The van der Waals surface area contributed by atoms with Crippen LogP contribution in [0.2, 0.25) is 5.02 Å². The molecule has 0 fully saturated rings. The van der Waals surface area contributed by atoms with E-state index in [-0.39, 0.29) is 5.75 Å². The lowest BCUT2D eigenvalue weighted by molar-refractivity contribution is 0.247. The van der Waals surface area contributed by atoms with Crippen LogP contribution in [-0.4, -0.2) is 15.0 Å². The lowest BCUT2D eigenvalue weighted by atomic mass is 9.96. The summed E-state index contributed by atoms with van der Waals surface area (Å²) in [7, 11) is 0. The Balaban J connectivity index is 1.69. The van der Waals surface area contributed by atoms with Gasteiger partial charge in [0.05, 0.1) is 5.69 Å². The number of aromatic hydroxyl groups is 1. The fourth-order valence-electron chi connectivity index (χ4n) is 4.31. The molecule has 1 aromatic heterocycles. The first-order valence-corrected chi connectivity index (χ1v) is 12.3. The van der Waals surface area contributed by atoms with Crippen LogP contribution < -0.4 is 0 Å². The quantitative estimate of drug-likeness (QED) is 0.258. The van der Waals surface area contributed by atoms with Crippen LogP contribution in [-0.2, 0) is 26.1 Å². The van der Waals surface area contributed by atoms with Crippen molar-refractivity contribution in [2.24, 2.45) is 0 Å². The van der Waals surface area contributed by atoms with Crippen molar-refractivity contribution in [3.05, 3.63) is 118 Å². The molecule has 3 aromatic carbocycles. The van der Waals surface area contributed by atoms with E-state index in [1.54, 1.807) is 12.1 Å². The van der Waals surface area contributed by atoms with E-state index < -0.39 is 0 Å². The molecule has 0 spiro atoms. The molecule has 0 aliphatic rings. The Kier molecular flexibility index (Phi) is 8.35. The van der Waals surface area contributed by atoms with E-state index in [1.807, 2.05) is 24.4 Å². The normalized spacial score (nSPS) is 11.1. The Morgan fingerprint density at radius 3 is 2.24 bits per heavy atom. The molecule has 1 heterocycles. The van der Waals surface area contributed by atoms with Gasteiger partial charge < -0.3 is 5.11 Å². The first kappa shape index (κ1) is 24.0. The highest BCUT2D eigenvalue weighted by atomic mass is 35.5. The van der Waals surface area contributed by atoms with Crippen molar-refractivity contribution in [2.45, 2.75) is 45.8 Å². The van der Waals surface area contributed by atoms with Crippen LogP contribution >= 0.6 is 11.6 Å². The number of benzene rings is 3. The van der Waals surface area contributed by atoms with Gasteiger partial charge in [0.2, 0.25) is 0 Å². The second-order valence-corrected chi connectivity index (χ2v) is 9.08. The predicted molar refractivity (Wildman–Crippen MR) is 141 cm³/mol. The number of unbranched alkanes of at least 4 members (excludes halogenated alkanes) is 1. The SMILES string of the molecule is CCCCc1c(CN(Cc2ccccc2)Cc2ccc(O)cc2Cl)ccnc1-c1ccccc1. The maximum absolute atomic E-state index is 9.79. The van der Waals surface area contributed by atoms with Crippen LogP contribution in [0, 0.1) is 0 Å². The van der Waals surface area contributed by atoms with Gasteiger partial charge in [-0.1, -0.05) is 91.7 Å². The van der Waals surface area contributed by atoms with Crippen LogP contribution in [0.3, 0.4) is 0 Å². The number of phenols is 1. The maximum atomic E-state index is 9.79. The third-order valence-corrected chi connectivity index (χ3v) is 6.41. The molecular weight excluding hydrogens is 440 g/mol. The summed E-state index contributed by atoms with van der Waals surface area (Å²) >= 11 is 6.49. The zero-order valence-electron chi connectivity index (χ0n) is 19.6. The number of rotatable bonds is 10. The van der Waals surface area contributed by atoms with Gasteiger partial charge in [-0.05, 0) is 53.3 Å². The van der Waals surface area contributed by atoms with Gasteiger partial charge in [0.25, 0.3) is 0 Å². The highest BCUT2D eigenvalue weighted by Gasteiger charge is 2.16. The lowest BCUT2D eigenvalue weighted by Gasteiger charge is -2.25. The van der Waals surface area contributed by atoms with Gasteiger partial charge in [0.1, 0.15) is 5.75 Å². The molecule has 0 saturated carbocycles. The van der Waals surface area contributed by atoms with Gasteiger partial charge in [-0.25, -0.2) is 0 Å². The zero-order chi connectivity index (χ0) is 23.8. The standard InChI is InChI=1S/C30H31ClN2O/c1-2-3-14-28-25(17-18-32-30(28)24-12-8-5-9-13-24)21-33(20-23-10-6-4-7-11-23)22-26-15-16-27(34)19-29(26)31/h4-13,15-19,34H,2-3,14,20-22H2,1H3. The molecule has 0 atom stereocenters. The first-order valence-electron chi connectivity index (χ1n) is 11.9. The smallest absolute Gasteiger partial charge is 0.117 e. The van der Waals surface area contributed by atoms with Gasteiger partial charge in [-0.2, -0.15) is 0 Å². The van der Waals surface area contributed by atoms with Crippen molar-refractivity contribution in [3.8, 4) is 17.0 Å². The fraction of sp³-hybridized carbons (Fsp3) is 0.233. The van der Waals surface area contributed by atoms with E-state index in [4.69, 9.17) is 16.6 Å². The van der Waals surface area contributed by atoms with Crippen molar-refractivity contribution < 1.29 is 5.11 Å². The molecule has 0 radical (unpaired) electrons. The second kappa shape index (κ2) is 11.8. The highest BCUT2D eigenvalue weighted by Crippen LogP contribution is 2.29. The van der Waals surface area contributed by atoms with Gasteiger partial charge in [0, 0.05) is 36.4 Å². The van der Waals surface area contributed by atoms with Crippen molar-refractivity contribution in [2.75, 3.05) is 0 Å². The monoisotopic (exact) mass is 470 g/mol. The van der Waals surface area contributed by atoms with Crippen LogP contribution in [0.4, 0.5) is 0 Å². The molecule has 0 aliphatic carbocycles. The molecular formula is C30H31ClN2O. The molecule has 4 heteroatoms. The van der Waals surface area contributed by atoms with Gasteiger partial charge in [-0.3, -0.25) is 9.88 Å². The molecule has 34 heavy (non-hydrogen) atoms. The Morgan fingerprint density at radius 1 is 0.824 bits per heavy atom. The predicted octanol–water partition coefficient (Wildman–Crippen LogP) is 7.65. The van der Waals surface area contributed by atoms with Crippen molar-refractivity contribution in [1.29, 1.82) is 0 Å². The number of phenolic OH excluding ortho intramolecular Hbond substituents is 1. The lowest BCUT2D eigenvalue weighted by Crippen LogP contribution is -2.23. The largest absolute Gasteiger partial charge is 0.508 e. The van der Waals surface area contributed by atoms with Crippen LogP contribution in [0.1, 0.15) is 42.0 Å². The molecule has 3 nitrogen and oxygen atoms in total. The Labute approximate surface area is 207 Å². The average molecular weight is 471 g/mol. The summed E-state index contributed by atoms with van der Waals surface area (Å²) in [5, 5.41) is 10.4. The minimum Gasteiger partial charge on any atom is -0.508 e. The van der Waals surface area contributed by atoms with Crippen LogP contribution in [0.15, 0.2) is 91.1 Å². The van der Waals surface area contributed by atoms with E-state index >= 15 is 0 Å². The molecule has 174 valence electrons. The summed E-state index contributed by atoms with van der Waals surface area (Å²) < 4.78 is 0. The summed E-state index contributed by atoms with van der Waals surface area (Å²) in [6, 6.07) is 28.4. The van der Waals surface area contributed by atoms with E-state index in [2.05, 4.69) is 66.4 Å². The summed E-state index contributed by atoms with van der Waals surface area (Å²) in [5.41, 5.74) is 7.12. The van der Waals surface area contributed by atoms with Crippen molar-refractivity contribution in [1.82, 2.24) is 9.88 Å². The summed E-state index contributed by atoms with van der Waals surface area (Å²) in [5.74, 6) is 0.187. The second-order valence-electron chi connectivity index (χ2n) is 8.67. The first-order chi connectivity index (χ1) is 16.6. The molecule has 1 N–H and O–H groups in total. The van der Waals surface area contributed by atoms with E-state index in [1.165, 1.54) is 16.7 Å². The Hall–Kier alpha value is -3.14. The van der Waals surface area contributed by atoms with Crippen molar-refractivity contribution >= 4 is 11.6 Å². The molecule has 0 saturated heterocycles. The third kappa shape index (κ3) is 6.25. The summed E-state index contributed by atoms with van der Waals surface area (Å²) in [6.45, 7) is 4.50. The van der Waals surface area contributed by atoms with E-state index in [0.29, 0.717) is 11.6 Å². The van der Waals surface area contributed by atoms with E-state index in [0.717, 1.165) is 49.2 Å². The maximum Gasteiger partial charge on any atom is 0.117 e.